The van der Waals surface area contributed by atoms with Gasteiger partial charge in [-0.25, -0.2) is 0 Å². The van der Waals surface area contributed by atoms with Crippen LogP contribution in [0.2, 0.25) is 0 Å². The molecule has 3 rings (SSSR count). The number of hydrogen-bond acceptors (Lipinski definition) is 2. The number of aryl methyl sites for hydroxylation is 1. The van der Waals surface area contributed by atoms with Crippen molar-refractivity contribution in [2.24, 2.45) is 0 Å². The van der Waals surface area contributed by atoms with Gasteiger partial charge in [0, 0.05) is 6.54 Å². The Balaban J connectivity index is 1.38. The first-order valence-electron chi connectivity index (χ1n) is 9.45. The Labute approximate surface area is 151 Å². The molecule has 1 N–H and O–H groups in total. The Morgan fingerprint density at radius 2 is 1.68 bits per heavy atom. The molecule has 2 aromatic carbocycles. The van der Waals surface area contributed by atoms with Gasteiger partial charge in [0.1, 0.15) is 12.4 Å². The average molecular weight is 335 g/mol. The third-order valence-corrected chi connectivity index (χ3v) is 4.79. The van der Waals surface area contributed by atoms with E-state index in [4.69, 9.17) is 4.74 Å². The molecule has 2 nitrogen and oxygen atoms in total. The van der Waals surface area contributed by atoms with Crippen LogP contribution in [0.5, 0.6) is 5.75 Å². The summed E-state index contributed by atoms with van der Waals surface area (Å²) in [6, 6.07) is 16.9. The second-order valence-electron chi connectivity index (χ2n) is 6.95. The molecule has 0 spiro atoms. The van der Waals surface area contributed by atoms with Crippen LogP contribution in [0.25, 0.3) is 0 Å². The molecule has 0 radical (unpaired) electrons. The van der Waals surface area contributed by atoms with Gasteiger partial charge in [-0.05, 0) is 68.8 Å². The van der Waals surface area contributed by atoms with E-state index >= 15 is 0 Å². The molecule has 0 unspecified atom stereocenters. The summed E-state index contributed by atoms with van der Waals surface area (Å²) in [7, 11) is 0. The van der Waals surface area contributed by atoms with Crippen molar-refractivity contribution >= 4 is 0 Å². The molecule has 1 aliphatic rings. The summed E-state index contributed by atoms with van der Waals surface area (Å²) in [5.41, 5.74) is 5.42. The van der Waals surface area contributed by atoms with Crippen LogP contribution in [0.15, 0.2) is 60.2 Å². The van der Waals surface area contributed by atoms with Crippen LogP contribution < -0.4 is 10.1 Å². The second-order valence-corrected chi connectivity index (χ2v) is 6.95. The Kier molecular flexibility index (Phi) is 6.70. The monoisotopic (exact) mass is 335 g/mol. The Morgan fingerprint density at radius 3 is 2.40 bits per heavy atom. The SMILES string of the molecule is Cc1ccc(COc2ccc(CNCCC3=CCCCC3)cc2)cc1. The van der Waals surface area contributed by atoms with Crippen LogP contribution >= 0.6 is 0 Å². The predicted octanol–water partition coefficient (Wildman–Crippen LogP) is 5.55. The van der Waals surface area contributed by atoms with E-state index < -0.39 is 0 Å². The van der Waals surface area contributed by atoms with Crippen LogP contribution in [0.4, 0.5) is 0 Å². The lowest BCUT2D eigenvalue weighted by Crippen LogP contribution is -2.15. The van der Waals surface area contributed by atoms with Gasteiger partial charge in [0.2, 0.25) is 0 Å². The van der Waals surface area contributed by atoms with Gasteiger partial charge >= 0.3 is 0 Å². The van der Waals surface area contributed by atoms with E-state index in [1.54, 1.807) is 5.57 Å². The average Bonchev–Trinajstić information content (AvgIpc) is 2.67. The van der Waals surface area contributed by atoms with Crippen molar-refractivity contribution < 1.29 is 4.74 Å². The fraction of sp³-hybridized carbons (Fsp3) is 0.391. The summed E-state index contributed by atoms with van der Waals surface area (Å²) in [5.74, 6) is 0.927. The van der Waals surface area contributed by atoms with Crippen molar-refractivity contribution in [1.29, 1.82) is 0 Å². The molecule has 25 heavy (non-hydrogen) atoms. The molecule has 0 heterocycles. The smallest absolute Gasteiger partial charge is 0.119 e. The van der Waals surface area contributed by atoms with Crippen molar-refractivity contribution in [3.8, 4) is 5.75 Å². The van der Waals surface area contributed by atoms with Gasteiger partial charge in [-0.3, -0.25) is 0 Å². The number of rotatable bonds is 8. The van der Waals surface area contributed by atoms with Gasteiger partial charge in [0.05, 0.1) is 0 Å². The summed E-state index contributed by atoms with van der Waals surface area (Å²) in [4.78, 5) is 0. The molecular weight excluding hydrogens is 306 g/mol. The van der Waals surface area contributed by atoms with E-state index in [-0.39, 0.29) is 0 Å². The van der Waals surface area contributed by atoms with E-state index in [2.05, 4.69) is 66.8 Å². The summed E-state index contributed by atoms with van der Waals surface area (Å²) in [6.07, 6.45) is 8.95. The summed E-state index contributed by atoms with van der Waals surface area (Å²) < 4.78 is 5.86. The highest BCUT2D eigenvalue weighted by atomic mass is 16.5. The Bertz CT molecular complexity index is 670. The molecule has 0 atom stereocenters. The molecule has 132 valence electrons. The first-order chi connectivity index (χ1) is 12.3. The van der Waals surface area contributed by atoms with E-state index in [0.717, 1.165) is 18.8 Å². The minimum absolute atomic E-state index is 0.618. The predicted molar refractivity (Wildman–Crippen MR) is 105 cm³/mol. The second kappa shape index (κ2) is 9.43. The third-order valence-electron chi connectivity index (χ3n) is 4.79. The molecule has 1 aliphatic carbocycles. The van der Waals surface area contributed by atoms with Crippen molar-refractivity contribution in [2.45, 2.75) is 52.2 Å². The zero-order valence-corrected chi connectivity index (χ0v) is 15.3. The zero-order chi connectivity index (χ0) is 17.3. The molecule has 0 aliphatic heterocycles. The fourth-order valence-corrected chi connectivity index (χ4v) is 3.17. The maximum atomic E-state index is 5.86. The Hall–Kier alpha value is -2.06. The summed E-state index contributed by atoms with van der Waals surface area (Å²) in [6.45, 7) is 4.71. The van der Waals surface area contributed by atoms with Crippen molar-refractivity contribution in [2.75, 3.05) is 6.54 Å². The number of ether oxygens (including phenoxy) is 1. The largest absolute Gasteiger partial charge is 0.489 e. The lowest BCUT2D eigenvalue weighted by molar-refractivity contribution is 0.306. The minimum Gasteiger partial charge on any atom is -0.489 e. The van der Waals surface area contributed by atoms with E-state index in [9.17, 15) is 0 Å². The molecule has 0 saturated carbocycles. The normalized spacial score (nSPS) is 14.2. The number of nitrogens with one attached hydrogen (secondary N) is 1. The van der Waals surface area contributed by atoms with E-state index in [0.29, 0.717) is 6.61 Å². The van der Waals surface area contributed by atoms with Crippen LogP contribution in [0.1, 0.15) is 48.8 Å². The molecule has 2 heteroatoms. The van der Waals surface area contributed by atoms with E-state index in [1.165, 1.54) is 48.8 Å². The molecule has 0 bridgehead atoms. The lowest BCUT2D eigenvalue weighted by atomic mass is 9.97. The molecular formula is C23H29NO. The summed E-state index contributed by atoms with van der Waals surface area (Å²) >= 11 is 0. The maximum absolute atomic E-state index is 5.86. The van der Waals surface area contributed by atoms with Gasteiger partial charge in [-0.2, -0.15) is 0 Å². The quantitative estimate of drug-likeness (QED) is 0.504. The molecule has 0 aromatic heterocycles. The van der Waals surface area contributed by atoms with E-state index in [1.807, 2.05) is 0 Å². The first kappa shape index (κ1) is 17.8. The molecule has 0 amide bonds. The summed E-state index contributed by atoms with van der Waals surface area (Å²) in [5, 5.41) is 3.55. The third kappa shape index (κ3) is 6.06. The number of benzene rings is 2. The Morgan fingerprint density at radius 1 is 0.920 bits per heavy atom. The first-order valence-corrected chi connectivity index (χ1v) is 9.45. The lowest BCUT2D eigenvalue weighted by Gasteiger charge is -2.13. The number of hydrogen-bond donors (Lipinski definition) is 1. The van der Waals surface area contributed by atoms with Crippen molar-refractivity contribution in [3.05, 3.63) is 76.9 Å². The van der Waals surface area contributed by atoms with Crippen LogP contribution in [0, 0.1) is 6.92 Å². The van der Waals surface area contributed by atoms with Gasteiger partial charge < -0.3 is 10.1 Å². The standard InChI is InChI=1S/C23H29NO/c1-19-7-9-22(10-8-19)18-25-23-13-11-21(12-14-23)17-24-16-15-20-5-3-2-4-6-20/h5,7-14,24H,2-4,6,15-18H2,1H3. The van der Waals surface area contributed by atoms with Gasteiger partial charge in [0.15, 0.2) is 0 Å². The highest BCUT2D eigenvalue weighted by molar-refractivity contribution is 5.28. The van der Waals surface area contributed by atoms with Crippen LogP contribution in [-0.2, 0) is 13.2 Å². The minimum atomic E-state index is 0.618. The van der Waals surface area contributed by atoms with Gasteiger partial charge in [-0.15, -0.1) is 0 Å². The van der Waals surface area contributed by atoms with Crippen molar-refractivity contribution in [1.82, 2.24) is 5.32 Å². The van der Waals surface area contributed by atoms with Crippen LogP contribution in [0.3, 0.4) is 0 Å². The maximum Gasteiger partial charge on any atom is 0.119 e. The number of allylic oxidation sites excluding steroid dienone is 1. The zero-order valence-electron chi connectivity index (χ0n) is 15.3. The topological polar surface area (TPSA) is 21.3 Å². The fourth-order valence-electron chi connectivity index (χ4n) is 3.17. The molecule has 2 aromatic rings. The molecule has 0 saturated heterocycles. The molecule has 0 fully saturated rings. The highest BCUT2D eigenvalue weighted by Crippen LogP contribution is 2.19. The van der Waals surface area contributed by atoms with Gasteiger partial charge in [-0.1, -0.05) is 53.6 Å². The highest BCUT2D eigenvalue weighted by Gasteiger charge is 2.03. The van der Waals surface area contributed by atoms with Crippen molar-refractivity contribution in [3.63, 3.8) is 0 Å². The van der Waals surface area contributed by atoms with Gasteiger partial charge in [0.25, 0.3) is 0 Å². The van der Waals surface area contributed by atoms with Crippen LogP contribution in [-0.4, -0.2) is 6.54 Å².